The second kappa shape index (κ2) is 3.16. The first kappa shape index (κ1) is 10.3. The van der Waals surface area contributed by atoms with Crippen molar-refractivity contribution < 1.29 is 9.59 Å². The van der Waals surface area contributed by atoms with Crippen molar-refractivity contribution in [2.45, 2.75) is 27.2 Å². The highest BCUT2D eigenvalue weighted by Crippen LogP contribution is 2.45. The van der Waals surface area contributed by atoms with Gasteiger partial charge < -0.3 is 0 Å². The van der Waals surface area contributed by atoms with E-state index in [9.17, 15) is 9.59 Å². The molecular formula is C13H16O2. The summed E-state index contributed by atoms with van der Waals surface area (Å²) in [6.45, 7) is 5.67. The average molecular weight is 204 g/mol. The molecule has 0 saturated carbocycles. The predicted octanol–water partition coefficient (Wildman–Crippen LogP) is 2.30. The summed E-state index contributed by atoms with van der Waals surface area (Å²) in [5.41, 5.74) is 0.120. The van der Waals surface area contributed by atoms with Crippen LogP contribution in [0, 0.1) is 17.3 Å². The second-order valence-corrected chi connectivity index (χ2v) is 4.94. The van der Waals surface area contributed by atoms with E-state index in [0.717, 1.165) is 0 Å². The first-order chi connectivity index (χ1) is 6.97. The molecule has 0 spiro atoms. The van der Waals surface area contributed by atoms with Crippen LogP contribution in [-0.4, -0.2) is 11.6 Å². The van der Waals surface area contributed by atoms with E-state index in [2.05, 4.69) is 6.08 Å². The Hall–Kier alpha value is -1.18. The van der Waals surface area contributed by atoms with E-state index in [1.165, 1.54) is 6.08 Å². The van der Waals surface area contributed by atoms with E-state index in [0.29, 0.717) is 12.0 Å². The molecule has 0 amide bonds. The largest absolute Gasteiger partial charge is 0.294 e. The number of ketones is 2. The van der Waals surface area contributed by atoms with Gasteiger partial charge in [0, 0.05) is 11.3 Å². The molecule has 2 heteroatoms. The molecule has 0 aromatic carbocycles. The third kappa shape index (κ3) is 1.31. The molecule has 0 radical (unpaired) electrons. The maximum Gasteiger partial charge on any atom is 0.163 e. The topological polar surface area (TPSA) is 34.1 Å². The van der Waals surface area contributed by atoms with Crippen LogP contribution in [0.2, 0.25) is 0 Å². The SMILES string of the molecule is CC1=CC(=O)[C@]2(C)CC=C[C@H](C)[C@@H]2C1=O. The molecule has 0 aliphatic heterocycles. The molecule has 15 heavy (non-hydrogen) atoms. The minimum absolute atomic E-state index is 0.112. The molecule has 0 fully saturated rings. The molecule has 2 rings (SSSR count). The number of hydrogen-bond donors (Lipinski definition) is 0. The summed E-state index contributed by atoms with van der Waals surface area (Å²) in [4.78, 5) is 24.1. The smallest absolute Gasteiger partial charge is 0.163 e. The molecule has 0 heterocycles. The van der Waals surface area contributed by atoms with Crippen LogP contribution < -0.4 is 0 Å². The summed E-state index contributed by atoms with van der Waals surface area (Å²) < 4.78 is 0. The van der Waals surface area contributed by atoms with Gasteiger partial charge in [0.1, 0.15) is 0 Å². The third-order valence-electron chi connectivity index (χ3n) is 3.78. The van der Waals surface area contributed by atoms with Gasteiger partial charge in [-0.05, 0) is 30.9 Å². The normalized spacial score (nSPS) is 40.1. The lowest BCUT2D eigenvalue weighted by Gasteiger charge is -2.42. The van der Waals surface area contributed by atoms with Crippen LogP contribution >= 0.6 is 0 Å². The second-order valence-electron chi connectivity index (χ2n) is 4.94. The summed E-state index contributed by atoms with van der Waals surface area (Å²) in [6.07, 6.45) is 6.29. The summed E-state index contributed by atoms with van der Waals surface area (Å²) in [6, 6.07) is 0. The Morgan fingerprint density at radius 2 is 2.07 bits per heavy atom. The van der Waals surface area contributed by atoms with Crippen molar-refractivity contribution >= 4 is 11.6 Å². The van der Waals surface area contributed by atoms with Crippen LogP contribution in [0.4, 0.5) is 0 Å². The van der Waals surface area contributed by atoms with Gasteiger partial charge in [-0.15, -0.1) is 0 Å². The first-order valence-electron chi connectivity index (χ1n) is 5.40. The molecule has 0 bridgehead atoms. The highest BCUT2D eigenvalue weighted by molar-refractivity contribution is 6.12. The third-order valence-corrected chi connectivity index (χ3v) is 3.78. The van der Waals surface area contributed by atoms with Crippen LogP contribution in [0.1, 0.15) is 27.2 Å². The summed E-state index contributed by atoms with van der Waals surface area (Å²) in [7, 11) is 0. The van der Waals surface area contributed by atoms with Crippen molar-refractivity contribution in [1.82, 2.24) is 0 Å². The molecule has 2 nitrogen and oxygen atoms in total. The van der Waals surface area contributed by atoms with Crippen LogP contribution in [0.5, 0.6) is 0 Å². The number of allylic oxidation sites excluding steroid dienone is 4. The molecule has 2 aliphatic carbocycles. The van der Waals surface area contributed by atoms with Gasteiger partial charge in [-0.3, -0.25) is 9.59 Å². The Morgan fingerprint density at radius 1 is 1.40 bits per heavy atom. The number of fused-ring (bicyclic) bond motifs is 1. The van der Waals surface area contributed by atoms with Crippen LogP contribution in [-0.2, 0) is 9.59 Å². The van der Waals surface area contributed by atoms with Gasteiger partial charge >= 0.3 is 0 Å². The fourth-order valence-electron chi connectivity index (χ4n) is 2.81. The van der Waals surface area contributed by atoms with Gasteiger partial charge in [-0.25, -0.2) is 0 Å². The molecule has 3 atom stereocenters. The molecular weight excluding hydrogens is 188 g/mol. The van der Waals surface area contributed by atoms with Crippen molar-refractivity contribution in [3.8, 4) is 0 Å². The fraction of sp³-hybridized carbons (Fsp3) is 0.538. The Labute approximate surface area is 90.1 Å². The van der Waals surface area contributed by atoms with Crippen LogP contribution in [0.25, 0.3) is 0 Å². The lowest BCUT2D eigenvalue weighted by atomic mass is 9.59. The molecule has 80 valence electrons. The standard InChI is InChI=1S/C13H16O2/c1-8-5-4-6-13(3)10(14)7-9(2)12(15)11(8)13/h4-5,7-8,11H,6H2,1-3H3/t8-,11+,13-/m0/s1. The minimum atomic E-state index is -0.495. The Balaban J connectivity index is 2.54. The van der Waals surface area contributed by atoms with E-state index in [-0.39, 0.29) is 23.4 Å². The lowest BCUT2D eigenvalue weighted by Crippen LogP contribution is -2.47. The fourth-order valence-corrected chi connectivity index (χ4v) is 2.81. The van der Waals surface area contributed by atoms with Gasteiger partial charge in [0.25, 0.3) is 0 Å². The highest BCUT2D eigenvalue weighted by atomic mass is 16.1. The van der Waals surface area contributed by atoms with Gasteiger partial charge in [0.05, 0.1) is 0 Å². The van der Waals surface area contributed by atoms with Gasteiger partial charge in [0.15, 0.2) is 11.6 Å². The number of carbonyl (C=O) groups is 2. The zero-order valence-electron chi connectivity index (χ0n) is 9.41. The number of hydrogen-bond acceptors (Lipinski definition) is 2. The van der Waals surface area contributed by atoms with Crippen molar-refractivity contribution in [3.63, 3.8) is 0 Å². The van der Waals surface area contributed by atoms with Gasteiger partial charge in [-0.2, -0.15) is 0 Å². The van der Waals surface area contributed by atoms with E-state index < -0.39 is 5.41 Å². The molecule has 0 saturated heterocycles. The van der Waals surface area contributed by atoms with E-state index in [4.69, 9.17) is 0 Å². The Bertz CT molecular complexity index is 389. The van der Waals surface area contributed by atoms with Crippen molar-refractivity contribution in [3.05, 3.63) is 23.8 Å². The first-order valence-corrected chi connectivity index (χ1v) is 5.40. The van der Waals surface area contributed by atoms with Gasteiger partial charge in [-0.1, -0.05) is 26.0 Å². The van der Waals surface area contributed by atoms with Crippen molar-refractivity contribution in [1.29, 1.82) is 0 Å². The Kier molecular flexibility index (Phi) is 2.18. The zero-order valence-corrected chi connectivity index (χ0v) is 9.41. The quantitative estimate of drug-likeness (QED) is 0.567. The van der Waals surface area contributed by atoms with Crippen LogP contribution in [0.15, 0.2) is 23.8 Å². The van der Waals surface area contributed by atoms with Crippen LogP contribution in [0.3, 0.4) is 0 Å². The molecule has 0 aromatic heterocycles. The zero-order chi connectivity index (χ0) is 11.2. The minimum Gasteiger partial charge on any atom is -0.294 e. The maximum absolute atomic E-state index is 12.1. The molecule has 0 aromatic rings. The Morgan fingerprint density at radius 3 is 2.73 bits per heavy atom. The van der Waals surface area contributed by atoms with E-state index >= 15 is 0 Å². The lowest BCUT2D eigenvalue weighted by molar-refractivity contribution is -0.137. The summed E-state index contributed by atoms with van der Waals surface area (Å²) >= 11 is 0. The van der Waals surface area contributed by atoms with Crippen molar-refractivity contribution in [2.75, 3.05) is 0 Å². The van der Waals surface area contributed by atoms with Crippen molar-refractivity contribution in [2.24, 2.45) is 17.3 Å². The molecule has 0 N–H and O–H groups in total. The van der Waals surface area contributed by atoms with Gasteiger partial charge in [0.2, 0.25) is 0 Å². The van der Waals surface area contributed by atoms with E-state index in [1.807, 2.05) is 19.9 Å². The molecule has 2 aliphatic rings. The number of Topliss-reactive ketones (excluding diaryl/α,β-unsaturated/α-hetero) is 1. The van der Waals surface area contributed by atoms with E-state index in [1.54, 1.807) is 6.92 Å². The monoisotopic (exact) mass is 204 g/mol. The summed E-state index contributed by atoms with van der Waals surface area (Å²) in [5, 5.41) is 0. The number of carbonyl (C=O) groups excluding carboxylic acids is 2. The molecule has 0 unspecified atom stereocenters. The average Bonchev–Trinajstić information content (AvgIpc) is 2.15. The summed E-state index contributed by atoms with van der Waals surface area (Å²) in [5.74, 6) is 0.276. The highest BCUT2D eigenvalue weighted by Gasteiger charge is 2.49. The number of rotatable bonds is 0. The predicted molar refractivity (Wildman–Crippen MR) is 58.3 cm³/mol. The maximum atomic E-state index is 12.1.